The van der Waals surface area contributed by atoms with Crippen molar-refractivity contribution >= 4 is 0 Å². The van der Waals surface area contributed by atoms with E-state index in [0.29, 0.717) is 0 Å². The Hall–Kier alpha value is -1.72. The lowest BCUT2D eigenvalue weighted by atomic mass is 10.00. The summed E-state index contributed by atoms with van der Waals surface area (Å²) in [5.74, 6) is 0. The van der Waals surface area contributed by atoms with Crippen LogP contribution in [0, 0.1) is 0 Å². The monoisotopic (exact) mass is 352 g/mol. The molecule has 4 nitrogen and oxygen atoms in total. The summed E-state index contributed by atoms with van der Waals surface area (Å²) < 4.78 is 12.5. The van der Waals surface area contributed by atoms with Crippen LogP contribution in [0.1, 0.15) is 35.8 Å². The first-order chi connectivity index (χ1) is 12.8. The zero-order valence-electron chi connectivity index (χ0n) is 15.4. The largest absolute Gasteiger partial charge is 0.368 e. The van der Waals surface area contributed by atoms with E-state index in [9.17, 15) is 0 Å². The van der Waals surface area contributed by atoms with E-state index in [1.54, 1.807) is 0 Å². The van der Waals surface area contributed by atoms with Crippen LogP contribution in [0.4, 0.5) is 0 Å². The standard InChI is InChI=1S/C22H28N2O2/c1-16-12-23-15-22(25-16)19-9-5-6-17(10-19)11-20-13-24-14-21(26-20)18-7-3-2-4-8-18/h2-10,16,20-24H,11-15H2,1H3/t16-,20-,21+,22?/m1/s1. The lowest BCUT2D eigenvalue weighted by molar-refractivity contribution is -0.0383. The first-order valence-corrected chi connectivity index (χ1v) is 9.64. The molecule has 26 heavy (non-hydrogen) atoms. The molecule has 4 atom stereocenters. The molecule has 0 radical (unpaired) electrons. The molecule has 2 saturated heterocycles. The van der Waals surface area contributed by atoms with Crippen molar-refractivity contribution in [2.45, 2.75) is 37.8 Å². The molecule has 2 fully saturated rings. The van der Waals surface area contributed by atoms with Gasteiger partial charge in [0, 0.05) is 26.2 Å². The van der Waals surface area contributed by atoms with Gasteiger partial charge in [0.15, 0.2) is 0 Å². The van der Waals surface area contributed by atoms with Crippen LogP contribution in [0.2, 0.25) is 0 Å². The lowest BCUT2D eigenvalue weighted by Crippen LogP contribution is -2.41. The van der Waals surface area contributed by atoms with Crippen molar-refractivity contribution in [1.29, 1.82) is 0 Å². The quantitative estimate of drug-likeness (QED) is 0.888. The summed E-state index contributed by atoms with van der Waals surface area (Å²) in [6.45, 7) is 5.70. The van der Waals surface area contributed by atoms with E-state index < -0.39 is 0 Å². The molecular weight excluding hydrogens is 324 g/mol. The molecule has 2 aliphatic heterocycles. The Morgan fingerprint density at radius 1 is 0.808 bits per heavy atom. The SMILES string of the molecule is C[C@@H]1CNCC(c2cccc(C[C@@H]3CNC[C@@H](c4ccccc4)O3)c2)O1. The van der Waals surface area contributed by atoms with Crippen molar-refractivity contribution in [1.82, 2.24) is 10.6 Å². The smallest absolute Gasteiger partial charge is 0.0953 e. The molecule has 2 aliphatic rings. The Morgan fingerprint density at radius 3 is 2.35 bits per heavy atom. The lowest BCUT2D eigenvalue weighted by Gasteiger charge is -2.32. The van der Waals surface area contributed by atoms with Gasteiger partial charge in [-0.1, -0.05) is 54.6 Å². The van der Waals surface area contributed by atoms with Gasteiger partial charge in [-0.15, -0.1) is 0 Å². The molecule has 2 heterocycles. The first-order valence-electron chi connectivity index (χ1n) is 9.64. The third-order valence-corrected chi connectivity index (χ3v) is 5.17. The molecule has 0 amide bonds. The van der Waals surface area contributed by atoms with Crippen molar-refractivity contribution < 1.29 is 9.47 Å². The number of morpholine rings is 2. The summed E-state index contributed by atoms with van der Waals surface area (Å²) in [6, 6.07) is 19.3. The van der Waals surface area contributed by atoms with E-state index >= 15 is 0 Å². The Morgan fingerprint density at radius 2 is 1.54 bits per heavy atom. The van der Waals surface area contributed by atoms with Crippen LogP contribution in [-0.4, -0.2) is 38.4 Å². The second kappa shape index (κ2) is 8.31. The molecule has 0 aliphatic carbocycles. The normalized spacial score (nSPS) is 29.4. The van der Waals surface area contributed by atoms with Crippen molar-refractivity contribution in [3.8, 4) is 0 Å². The molecule has 2 aromatic carbocycles. The van der Waals surface area contributed by atoms with Crippen LogP contribution in [-0.2, 0) is 15.9 Å². The molecule has 4 rings (SSSR count). The van der Waals surface area contributed by atoms with Gasteiger partial charge in [-0.25, -0.2) is 0 Å². The summed E-state index contributed by atoms with van der Waals surface area (Å²) in [5, 5.41) is 6.98. The highest BCUT2D eigenvalue weighted by Crippen LogP contribution is 2.25. The van der Waals surface area contributed by atoms with Crippen LogP contribution >= 0.6 is 0 Å². The Kier molecular flexibility index (Phi) is 5.65. The van der Waals surface area contributed by atoms with Crippen LogP contribution in [0.3, 0.4) is 0 Å². The number of rotatable bonds is 4. The summed E-state index contributed by atoms with van der Waals surface area (Å²) in [6.07, 6.45) is 1.63. The van der Waals surface area contributed by atoms with Gasteiger partial charge in [-0.3, -0.25) is 0 Å². The summed E-state index contributed by atoms with van der Waals surface area (Å²) in [5.41, 5.74) is 3.81. The van der Waals surface area contributed by atoms with Crippen LogP contribution in [0.15, 0.2) is 54.6 Å². The van der Waals surface area contributed by atoms with E-state index in [1.165, 1.54) is 16.7 Å². The minimum absolute atomic E-state index is 0.130. The average Bonchev–Trinajstić information content (AvgIpc) is 2.69. The second-order valence-electron chi connectivity index (χ2n) is 7.36. The Labute approximate surface area is 155 Å². The van der Waals surface area contributed by atoms with Crippen LogP contribution in [0.25, 0.3) is 0 Å². The fourth-order valence-corrected chi connectivity index (χ4v) is 3.86. The summed E-state index contributed by atoms with van der Waals surface area (Å²) in [4.78, 5) is 0. The minimum atomic E-state index is 0.130. The predicted molar refractivity (Wildman–Crippen MR) is 103 cm³/mol. The van der Waals surface area contributed by atoms with Gasteiger partial charge in [0.2, 0.25) is 0 Å². The number of benzene rings is 2. The zero-order chi connectivity index (χ0) is 17.8. The van der Waals surface area contributed by atoms with Gasteiger partial charge in [-0.05, 0) is 30.0 Å². The molecule has 2 N–H and O–H groups in total. The minimum Gasteiger partial charge on any atom is -0.368 e. The zero-order valence-corrected chi connectivity index (χ0v) is 15.4. The maximum Gasteiger partial charge on any atom is 0.0953 e. The third kappa shape index (κ3) is 4.33. The molecule has 0 spiro atoms. The van der Waals surface area contributed by atoms with Gasteiger partial charge in [0.1, 0.15) is 0 Å². The maximum atomic E-state index is 6.37. The van der Waals surface area contributed by atoms with E-state index in [2.05, 4.69) is 66.1 Å². The average molecular weight is 352 g/mol. The third-order valence-electron chi connectivity index (χ3n) is 5.17. The van der Waals surface area contributed by atoms with Crippen molar-refractivity contribution in [2.75, 3.05) is 26.2 Å². The fourth-order valence-electron chi connectivity index (χ4n) is 3.86. The molecule has 0 saturated carbocycles. The second-order valence-corrected chi connectivity index (χ2v) is 7.36. The molecule has 138 valence electrons. The molecule has 1 unspecified atom stereocenters. The van der Waals surface area contributed by atoms with Crippen LogP contribution < -0.4 is 10.6 Å². The van der Waals surface area contributed by atoms with Gasteiger partial charge in [0.05, 0.1) is 24.4 Å². The highest BCUT2D eigenvalue weighted by atomic mass is 16.5. The Bertz CT molecular complexity index is 706. The molecule has 4 heteroatoms. The van der Waals surface area contributed by atoms with Gasteiger partial charge >= 0.3 is 0 Å². The Balaban J connectivity index is 1.41. The van der Waals surface area contributed by atoms with Crippen molar-refractivity contribution in [2.24, 2.45) is 0 Å². The molecule has 0 aromatic heterocycles. The van der Waals surface area contributed by atoms with Gasteiger partial charge in [0.25, 0.3) is 0 Å². The van der Waals surface area contributed by atoms with E-state index in [4.69, 9.17) is 9.47 Å². The fraction of sp³-hybridized carbons (Fsp3) is 0.455. The highest BCUT2D eigenvalue weighted by molar-refractivity contribution is 5.27. The van der Waals surface area contributed by atoms with Crippen molar-refractivity contribution in [3.63, 3.8) is 0 Å². The van der Waals surface area contributed by atoms with Crippen molar-refractivity contribution in [3.05, 3.63) is 71.3 Å². The summed E-state index contributed by atoms with van der Waals surface area (Å²) >= 11 is 0. The van der Waals surface area contributed by atoms with E-state index in [1.807, 2.05) is 6.07 Å². The van der Waals surface area contributed by atoms with Gasteiger partial charge in [-0.2, -0.15) is 0 Å². The van der Waals surface area contributed by atoms with E-state index in [0.717, 1.165) is 32.6 Å². The van der Waals surface area contributed by atoms with E-state index in [-0.39, 0.29) is 24.4 Å². The summed E-state index contributed by atoms with van der Waals surface area (Å²) in [7, 11) is 0. The number of ether oxygens (including phenoxy) is 2. The van der Waals surface area contributed by atoms with Crippen LogP contribution in [0.5, 0.6) is 0 Å². The highest BCUT2D eigenvalue weighted by Gasteiger charge is 2.24. The maximum absolute atomic E-state index is 6.37. The first kappa shape index (κ1) is 17.7. The number of nitrogens with one attached hydrogen (secondary N) is 2. The molecule has 0 bridgehead atoms. The molecule has 2 aromatic rings. The number of hydrogen-bond donors (Lipinski definition) is 2. The van der Waals surface area contributed by atoms with Gasteiger partial charge < -0.3 is 20.1 Å². The number of hydrogen-bond acceptors (Lipinski definition) is 4. The molecular formula is C22H28N2O2. The predicted octanol–water partition coefficient (Wildman–Crippen LogP) is 3.01. The topological polar surface area (TPSA) is 42.5 Å².